The van der Waals surface area contributed by atoms with Crippen molar-refractivity contribution >= 4 is 6.09 Å². The van der Waals surface area contributed by atoms with Crippen molar-refractivity contribution in [3.8, 4) is 0 Å². The van der Waals surface area contributed by atoms with Crippen molar-refractivity contribution < 1.29 is 14.3 Å². The van der Waals surface area contributed by atoms with Crippen LogP contribution in [0.4, 0.5) is 4.79 Å². The number of carbonyl (C=O) groups is 1. The summed E-state index contributed by atoms with van der Waals surface area (Å²) in [6.45, 7) is 9.21. The number of ether oxygens (including phenoxy) is 2. The Hall–Kier alpha value is -0.810. The van der Waals surface area contributed by atoms with Gasteiger partial charge >= 0.3 is 6.09 Å². The van der Waals surface area contributed by atoms with Crippen molar-refractivity contribution in [2.45, 2.75) is 58.1 Å². The van der Waals surface area contributed by atoms with E-state index in [-0.39, 0.29) is 6.09 Å². The molecule has 1 aliphatic heterocycles. The summed E-state index contributed by atoms with van der Waals surface area (Å²) in [5.74, 6) is 1.39. The fourth-order valence-electron chi connectivity index (χ4n) is 3.07. The SMILES string of the molecule is COCC(NCCC1CCN(C(=O)OC(C)(C)C)C1)C1CC1. The van der Waals surface area contributed by atoms with Crippen LogP contribution < -0.4 is 5.32 Å². The maximum absolute atomic E-state index is 12.0. The van der Waals surface area contributed by atoms with Gasteiger partial charge in [0.1, 0.15) is 5.60 Å². The molecule has 1 amide bonds. The lowest BCUT2D eigenvalue weighted by molar-refractivity contribution is 0.0287. The maximum atomic E-state index is 12.0. The van der Waals surface area contributed by atoms with Crippen molar-refractivity contribution in [3.05, 3.63) is 0 Å². The Morgan fingerprint density at radius 3 is 2.64 bits per heavy atom. The van der Waals surface area contributed by atoms with Gasteiger partial charge in [-0.25, -0.2) is 4.79 Å². The number of hydrogen-bond donors (Lipinski definition) is 1. The molecule has 5 nitrogen and oxygen atoms in total. The molecule has 2 unspecified atom stereocenters. The van der Waals surface area contributed by atoms with E-state index in [1.807, 2.05) is 25.7 Å². The van der Waals surface area contributed by atoms with Gasteiger partial charge in [-0.2, -0.15) is 0 Å². The molecular formula is C17H32N2O3. The molecular weight excluding hydrogens is 280 g/mol. The first-order chi connectivity index (χ1) is 10.4. The molecule has 5 heteroatoms. The smallest absolute Gasteiger partial charge is 0.410 e. The molecule has 0 bridgehead atoms. The number of hydrogen-bond acceptors (Lipinski definition) is 4. The Kier molecular flexibility index (Phi) is 6.09. The van der Waals surface area contributed by atoms with E-state index >= 15 is 0 Å². The van der Waals surface area contributed by atoms with Crippen LogP contribution in [0.5, 0.6) is 0 Å². The van der Waals surface area contributed by atoms with Gasteiger partial charge in [0.05, 0.1) is 6.61 Å². The summed E-state index contributed by atoms with van der Waals surface area (Å²) in [5.41, 5.74) is -0.408. The summed E-state index contributed by atoms with van der Waals surface area (Å²) in [5, 5.41) is 3.63. The quantitative estimate of drug-likeness (QED) is 0.785. The summed E-state index contributed by atoms with van der Waals surface area (Å²) in [6, 6.07) is 0.508. The van der Waals surface area contributed by atoms with Gasteiger partial charge in [0, 0.05) is 26.2 Å². The summed E-state index contributed by atoms with van der Waals surface area (Å²) in [6.07, 6.45) is 4.69. The molecule has 1 aliphatic carbocycles. The third-order valence-electron chi connectivity index (χ3n) is 4.43. The van der Waals surface area contributed by atoms with Gasteiger partial charge < -0.3 is 19.7 Å². The van der Waals surface area contributed by atoms with Crippen LogP contribution in [0.3, 0.4) is 0 Å². The second-order valence-electron chi connectivity index (χ2n) is 7.72. The number of rotatable bonds is 7. The first-order valence-electron chi connectivity index (χ1n) is 8.59. The van der Waals surface area contributed by atoms with Crippen molar-refractivity contribution in [3.63, 3.8) is 0 Å². The maximum Gasteiger partial charge on any atom is 0.410 e. The van der Waals surface area contributed by atoms with E-state index in [1.165, 1.54) is 12.8 Å². The van der Waals surface area contributed by atoms with Gasteiger partial charge in [0.25, 0.3) is 0 Å². The zero-order chi connectivity index (χ0) is 16.2. The molecule has 0 radical (unpaired) electrons. The molecule has 0 spiro atoms. The first kappa shape index (κ1) is 17.5. The molecule has 2 rings (SSSR count). The summed E-state index contributed by atoms with van der Waals surface area (Å²) < 4.78 is 10.7. The lowest BCUT2D eigenvalue weighted by atomic mass is 10.0. The zero-order valence-corrected chi connectivity index (χ0v) is 14.6. The van der Waals surface area contributed by atoms with Crippen LogP contribution in [-0.2, 0) is 9.47 Å². The second kappa shape index (κ2) is 7.64. The molecule has 1 saturated carbocycles. The van der Waals surface area contributed by atoms with E-state index in [0.29, 0.717) is 12.0 Å². The van der Waals surface area contributed by atoms with Gasteiger partial charge in [-0.05, 0) is 64.8 Å². The van der Waals surface area contributed by atoms with Crippen LogP contribution in [0.25, 0.3) is 0 Å². The molecule has 128 valence electrons. The highest BCUT2D eigenvalue weighted by molar-refractivity contribution is 5.68. The van der Waals surface area contributed by atoms with Crippen LogP contribution >= 0.6 is 0 Å². The lowest BCUT2D eigenvalue weighted by Crippen LogP contribution is -2.37. The van der Waals surface area contributed by atoms with E-state index in [1.54, 1.807) is 7.11 Å². The number of carbonyl (C=O) groups excluding carboxylic acids is 1. The highest BCUT2D eigenvalue weighted by Gasteiger charge is 2.32. The number of amides is 1. The predicted molar refractivity (Wildman–Crippen MR) is 86.9 cm³/mol. The Balaban J connectivity index is 1.64. The van der Waals surface area contributed by atoms with Crippen molar-refractivity contribution in [1.29, 1.82) is 0 Å². The molecule has 2 atom stereocenters. The third-order valence-corrected chi connectivity index (χ3v) is 4.43. The van der Waals surface area contributed by atoms with E-state index in [0.717, 1.165) is 45.0 Å². The number of nitrogens with one attached hydrogen (secondary N) is 1. The third kappa shape index (κ3) is 5.76. The Labute approximate surface area is 134 Å². The highest BCUT2D eigenvalue weighted by atomic mass is 16.6. The largest absolute Gasteiger partial charge is 0.444 e. The number of likely N-dealkylation sites (tertiary alicyclic amines) is 1. The van der Waals surface area contributed by atoms with E-state index < -0.39 is 5.60 Å². The average Bonchev–Trinajstić information content (AvgIpc) is 3.15. The minimum absolute atomic E-state index is 0.168. The minimum Gasteiger partial charge on any atom is -0.444 e. The summed E-state index contributed by atoms with van der Waals surface area (Å²) >= 11 is 0. The number of nitrogens with zero attached hydrogens (tertiary/aromatic N) is 1. The standard InChI is InChI=1S/C17H32N2O3/c1-17(2,3)22-16(20)19-10-8-13(11-19)7-9-18-15(12-21-4)14-5-6-14/h13-15,18H,5-12H2,1-4H3. The van der Waals surface area contributed by atoms with Gasteiger partial charge in [0.2, 0.25) is 0 Å². The number of methoxy groups -OCH3 is 1. The molecule has 22 heavy (non-hydrogen) atoms. The minimum atomic E-state index is -0.408. The zero-order valence-electron chi connectivity index (χ0n) is 14.6. The monoisotopic (exact) mass is 312 g/mol. The molecule has 0 aromatic carbocycles. The second-order valence-corrected chi connectivity index (χ2v) is 7.72. The Morgan fingerprint density at radius 1 is 1.32 bits per heavy atom. The van der Waals surface area contributed by atoms with Crippen LogP contribution in [0.15, 0.2) is 0 Å². The van der Waals surface area contributed by atoms with Gasteiger partial charge in [-0.1, -0.05) is 0 Å². The molecule has 1 N–H and O–H groups in total. The molecule has 2 fully saturated rings. The van der Waals surface area contributed by atoms with Crippen molar-refractivity contribution in [2.24, 2.45) is 11.8 Å². The molecule has 1 saturated heterocycles. The van der Waals surface area contributed by atoms with Gasteiger partial charge in [-0.3, -0.25) is 0 Å². The Morgan fingerprint density at radius 2 is 2.05 bits per heavy atom. The highest BCUT2D eigenvalue weighted by Crippen LogP contribution is 2.32. The van der Waals surface area contributed by atoms with E-state index in [4.69, 9.17) is 9.47 Å². The molecule has 0 aromatic rings. The van der Waals surface area contributed by atoms with Gasteiger partial charge in [0.15, 0.2) is 0 Å². The van der Waals surface area contributed by atoms with E-state index in [9.17, 15) is 4.79 Å². The average molecular weight is 312 g/mol. The normalized spacial score (nSPS) is 23.6. The van der Waals surface area contributed by atoms with Crippen LogP contribution in [-0.4, -0.2) is 56.0 Å². The van der Waals surface area contributed by atoms with Crippen LogP contribution in [0, 0.1) is 11.8 Å². The van der Waals surface area contributed by atoms with Gasteiger partial charge in [-0.15, -0.1) is 0 Å². The fraction of sp³-hybridized carbons (Fsp3) is 0.941. The molecule has 2 aliphatic rings. The first-order valence-corrected chi connectivity index (χ1v) is 8.59. The van der Waals surface area contributed by atoms with Crippen LogP contribution in [0.1, 0.15) is 46.5 Å². The summed E-state index contributed by atoms with van der Waals surface area (Å²) in [7, 11) is 1.77. The fourth-order valence-corrected chi connectivity index (χ4v) is 3.07. The summed E-state index contributed by atoms with van der Waals surface area (Å²) in [4.78, 5) is 13.9. The van der Waals surface area contributed by atoms with Crippen molar-refractivity contribution in [2.75, 3.05) is 33.4 Å². The lowest BCUT2D eigenvalue weighted by Gasteiger charge is -2.24. The Bertz CT molecular complexity index is 363. The topological polar surface area (TPSA) is 50.8 Å². The molecule has 1 heterocycles. The predicted octanol–water partition coefficient (Wildman–Crippen LogP) is 2.65. The molecule has 0 aromatic heterocycles. The van der Waals surface area contributed by atoms with Crippen molar-refractivity contribution in [1.82, 2.24) is 10.2 Å². The van der Waals surface area contributed by atoms with E-state index in [2.05, 4.69) is 5.32 Å². The van der Waals surface area contributed by atoms with Crippen LogP contribution in [0.2, 0.25) is 0 Å².